The molecule has 1 fully saturated rings. The summed E-state index contributed by atoms with van der Waals surface area (Å²) >= 11 is 0. The van der Waals surface area contributed by atoms with Gasteiger partial charge in [-0.15, -0.1) is 0 Å². The van der Waals surface area contributed by atoms with Crippen LogP contribution in [0, 0.1) is 5.92 Å². The van der Waals surface area contributed by atoms with E-state index < -0.39 is 0 Å². The number of rotatable bonds is 5. The number of carbonyl (C=O) groups excluding carboxylic acids is 2. The Morgan fingerprint density at radius 3 is 2.35 bits per heavy atom. The van der Waals surface area contributed by atoms with Gasteiger partial charge in [-0.2, -0.15) is 0 Å². The van der Waals surface area contributed by atoms with Crippen molar-refractivity contribution in [2.45, 2.75) is 33.2 Å². The summed E-state index contributed by atoms with van der Waals surface area (Å²) in [5.74, 6) is 1.14. The van der Waals surface area contributed by atoms with E-state index in [4.69, 9.17) is 4.74 Å². The van der Waals surface area contributed by atoms with Crippen molar-refractivity contribution in [1.82, 2.24) is 9.80 Å². The zero-order chi connectivity index (χ0) is 16.8. The second-order valence-electron chi connectivity index (χ2n) is 6.05. The third-order valence-electron chi connectivity index (χ3n) is 4.32. The maximum absolute atomic E-state index is 12.5. The Morgan fingerprint density at radius 1 is 1.22 bits per heavy atom. The van der Waals surface area contributed by atoms with Crippen molar-refractivity contribution in [3.8, 4) is 5.75 Å². The Balaban J connectivity index is 1.86. The third kappa shape index (κ3) is 4.71. The van der Waals surface area contributed by atoms with Gasteiger partial charge in [0.15, 0.2) is 0 Å². The van der Waals surface area contributed by atoms with E-state index in [2.05, 4.69) is 0 Å². The van der Waals surface area contributed by atoms with Crippen LogP contribution in [0.2, 0.25) is 0 Å². The first-order valence-electron chi connectivity index (χ1n) is 8.23. The van der Waals surface area contributed by atoms with E-state index in [0.29, 0.717) is 26.2 Å². The van der Waals surface area contributed by atoms with E-state index in [-0.39, 0.29) is 17.7 Å². The topological polar surface area (TPSA) is 49.9 Å². The Kier molecular flexibility index (Phi) is 6.02. The molecule has 23 heavy (non-hydrogen) atoms. The van der Waals surface area contributed by atoms with E-state index in [0.717, 1.165) is 24.2 Å². The maximum Gasteiger partial charge on any atom is 0.225 e. The molecular weight excluding hydrogens is 292 g/mol. The number of nitrogens with zero attached hydrogens (tertiary/aromatic N) is 2. The summed E-state index contributed by atoms with van der Waals surface area (Å²) in [6.45, 7) is 6.15. The molecule has 0 saturated carbocycles. The van der Waals surface area contributed by atoms with E-state index in [1.165, 1.54) is 0 Å². The second kappa shape index (κ2) is 7.99. The maximum atomic E-state index is 12.5. The van der Waals surface area contributed by atoms with Gasteiger partial charge in [0.25, 0.3) is 0 Å². The van der Waals surface area contributed by atoms with Gasteiger partial charge in [-0.05, 0) is 37.5 Å². The van der Waals surface area contributed by atoms with Crippen LogP contribution >= 0.6 is 0 Å². The van der Waals surface area contributed by atoms with Gasteiger partial charge in [-0.3, -0.25) is 9.59 Å². The molecule has 0 aliphatic carbocycles. The predicted molar refractivity (Wildman–Crippen MR) is 89.1 cm³/mol. The average Bonchev–Trinajstić information content (AvgIpc) is 2.56. The molecule has 1 aromatic carbocycles. The van der Waals surface area contributed by atoms with E-state index in [1.807, 2.05) is 43.1 Å². The molecule has 2 amide bonds. The minimum absolute atomic E-state index is 0.0262. The molecule has 1 aliphatic rings. The molecule has 1 heterocycles. The number of benzene rings is 1. The first-order chi connectivity index (χ1) is 11.0. The van der Waals surface area contributed by atoms with Gasteiger partial charge in [0, 0.05) is 39.5 Å². The zero-order valence-corrected chi connectivity index (χ0v) is 14.2. The largest absolute Gasteiger partial charge is 0.494 e. The number of carbonyl (C=O) groups is 2. The van der Waals surface area contributed by atoms with Gasteiger partial charge >= 0.3 is 0 Å². The van der Waals surface area contributed by atoms with Crippen LogP contribution in [0.5, 0.6) is 5.75 Å². The molecule has 5 heteroatoms. The van der Waals surface area contributed by atoms with Crippen molar-refractivity contribution in [1.29, 1.82) is 0 Å². The lowest BCUT2D eigenvalue weighted by Gasteiger charge is -2.32. The fourth-order valence-electron chi connectivity index (χ4n) is 2.96. The molecule has 1 aliphatic heterocycles. The highest BCUT2D eigenvalue weighted by molar-refractivity contribution is 5.79. The molecule has 1 saturated heterocycles. The summed E-state index contributed by atoms with van der Waals surface area (Å²) < 4.78 is 5.43. The molecule has 126 valence electrons. The van der Waals surface area contributed by atoms with Crippen LogP contribution in [0.25, 0.3) is 0 Å². The minimum Gasteiger partial charge on any atom is -0.494 e. The lowest BCUT2D eigenvalue weighted by atomic mass is 9.95. The highest BCUT2D eigenvalue weighted by Gasteiger charge is 2.27. The summed E-state index contributed by atoms with van der Waals surface area (Å²) in [6, 6.07) is 7.85. The van der Waals surface area contributed by atoms with Crippen LogP contribution in [-0.2, 0) is 16.1 Å². The lowest BCUT2D eigenvalue weighted by Crippen LogP contribution is -2.42. The number of amides is 2. The number of ether oxygens (including phenoxy) is 1. The first kappa shape index (κ1) is 17.3. The molecule has 0 spiro atoms. The molecular formula is C18H26N2O3. The normalized spacial score (nSPS) is 15.3. The van der Waals surface area contributed by atoms with Gasteiger partial charge in [0.05, 0.1) is 6.61 Å². The van der Waals surface area contributed by atoms with Crippen LogP contribution in [0.1, 0.15) is 32.3 Å². The third-order valence-corrected chi connectivity index (χ3v) is 4.32. The zero-order valence-electron chi connectivity index (χ0n) is 14.2. The Labute approximate surface area is 138 Å². The average molecular weight is 318 g/mol. The van der Waals surface area contributed by atoms with Crippen molar-refractivity contribution in [2.24, 2.45) is 5.92 Å². The molecule has 0 aromatic heterocycles. The summed E-state index contributed by atoms with van der Waals surface area (Å²) in [7, 11) is 1.84. The smallest absolute Gasteiger partial charge is 0.225 e. The summed E-state index contributed by atoms with van der Waals surface area (Å²) in [5, 5.41) is 0. The molecule has 5 nitrogen and oxygen atoms in total. The molecule has 2 rings (SSSR count). The molecule has 1 aromatic rings. The van der Waals surface area contributed by atoms with Crippen molar-refractivity contribution in [2.75, 3.05) is 26.7 Å². The molecule has 0 atom stereocenters. The van der Waals surface area contributed by atoms with Gasteiger partial charge in [-0.1, -0.05) is 12.1 Å². The van der Waals surface area contributed by atoms with Crippen LogP contribution in [0.15, 0.2) is 24.3 Å². The summed E-state index contributed by atoms with van der Waals surface area (Å²) in [4.78, 5) is 27.5. The fourth-order valence-corrected chi connectivity index (χ4v) is 2.96. The number of likely N-dealkylation sites (tertiary alicyclic amines) is 1. The number of piperidine rings is 1. The Bertz CT molecular complexity index is 534. The van der Waals surface area contributed by atoms with Gasteiger partial charge < -0.3 is 14.5 Å². The van der Waals surface area contributed by atoms with Crippen LogP contribution in [-0.4, -0.2) is 48.4 Å². The van der Waals surface area contributed by atoms with Crippen LogP contribution in [0.3, 0.4) is 0 Å². The first-order valence-corrected chi connectivity index (χ1v) is 8.23. The monoisotopic (exact) mass is 318 g/mol. The second-order valence-corrected chi connectivity index (χ2v) is 6.05. The van der Waals surface area contributed by atoms with E-state index in [1.54, 1.807) is 11.8 Å². The molecule has 0 unspecified atom stereocenters. The minimum atomic E-state index is 0.0262. The van der Waals surface area contributed by atoms with Crippen molar-refractivity contribution in [3.05, 3.63) is 29.8 Å². The lowest BCUT2D eigenvalue weighted by molar-refractivity contribution is -0.139. The molecule has 0 N–H and O–H groups in total. The summed E-state index contributed by atoms with van der Waals surface area (Å²) in [6.07, 6.45) is 1.51. The quantitative estimate of drug-likeness (QED) is 0.837. The molecule has 0 bridgehead atoms. The number of hydrogen-bond donors (Lipinski definition) is 0. The van der Waals surface area contributed by atoms with Crippen LogP contribution < -0.4 is 4.74 Å². The van der Waals surface area contributed by atoms with Gasteiger partial charge in [0.2, 0.25) is 11.8 Å². The van der Waals surface area contributed by atoms with E-state index >= 15 is 0 Å². The SMILES string of the molecule is CCOc1ccc(CN(C)C(=O)C2CCN(C(C)=O)CC2)cc1. The standard InChI is InChI=1S/C18H26N2O3/c1-4-23-17-7-5-15(6-8-17)13-19(3)18(22)16-9-11-20(12-10-16)14(2)21/h5-8,16H,4,9-13H2,1-3H3. The van der Waals surface area contributed by atoms with Crippen LogP contribution in [0.4, 0.5) is 0 Å². The van der Waals surface area contributed by atoms with Gasteiger partial charge in [0.1, 0.15) is 5.75 Å². The molecule has 0 radical (unpaired) electrons. The Morgan fingerprint density at radius 2 is 1.83 bits per heavy atom. The highest BCUT2D eigenvalue weighted by atomic mass is 16.5. The van der Waals surface area contributed by atoms with Crippen molar-refractivity contribution in [3.63, 3.8) is 0 Å². The fraction of sp³-hybridized carbons (Fsp3) is 0.556. The van der Waals surface area contributed by atoms with E-state index in [9.17, 15) is 9.59 Å². The highest BCUT2D eigenvalue weighted by Crippen LogP contribution is 2.21. The predicted octanol–water partition coefficient (Wildman–Crippen LogP) is 2.30. The summed E-state index contributed by atoms with van der Waals surface area (Å²) in [5.41, 5.74) is 1.09. The Hall–Kier alpha value is -2.04. The van der Waals surface area contributed by atoms with Gasteiger partial charge in [-0.25, -0.2) is 0 Å². The van der Waals surface area contributed by atoms with Crippen molar-refractivity contribution >= 4 is 11.8 Å². The number of hydrogen-bond acceptors (Lipinski definition) is 3. The van der Waals surface area contributed by atoms with Crippen molar-refractivity contribution < 1.29 is 14.3 Å².